The van der Waals surface area contributed by atoms with Gasteiger partial charge < -0.3 is 11.1 Å². The Balaban J connectivity index is 2.33. The quantitative estimate of drug-likeness (QED) is 0.775. The van der Waals surface area contributed by atoms with Crippen LogP contribution in [0.3, 0.4) is 0 Å². The van der Waals surface area contributed by atoms with E-state index in [-0.39, 0.29) is 17.2 Å². The van der Waals surface area contributed by atoms with Gasteiger partial charge in [0.2, 0.25) is 5.91 Å². The molecular weight excluding hydrogens is 282 g/mol. The summed E-state index contributed by atoms with van der Waals surface area (Å²) in [7, 11) is 0. The molecule has 21 heavy (non-hydrogen) atoms. The summed E-state index contributed by atoms with van der Waals surface area (Å²) in [6, 6.07) is 0. The van der Waals surface area contributed by atoms with E-state index in [1.807, 2.05) is 5.38 Å². The number of hydrogen-bond donors (Lipinski definition) is 2. The molecule has 1 aromatic rings. The van der Waals surface area contributed by atoms with E-state index < -0.39 is 0 Å². The molecule has 0 saturated carbocycles. The molecule has 2 atom stereocenters. The molecule has 0 aliphatic carbocycles. The predicted molar refractivity (Wildman–Crippen MR) is 89.4 cm³/mol. The number of nitrogens with two attached hydrogens (primary N) is 1. The summed E-state index contributed by atoms with van der Waals surface area (Å²) in [5, 5.41) is 6.06. The normalized spacial score (nSPS) is 14.7. The molecule has 5 heteroatoms. The van der Waals surface area contributed by atoms with Crippen molar-refractivity contribution in [3.8, 4) is 0 Å². The van der Waals surface area contributed by atoms with Crippen LogP contribution in [0.5, 0.6) is 0 Å². The zero-order valence-electron chi connectivity index (χ0n) is 13.7. The molecule has 1 amide bonds. The van der Waals surface area contributed by atoms with Crippen LogP contribution < -0.4 is 11.1 Å². The van der Waals surface area contributed by atoms with Gasteiger partial charge in [0.1, 0.15) is 0 Å². The van der Waals surface area contributed by atoms with Gasteiger partial charge in [-0.1, -0.05) is 27.7 Å². The van der Waals surface area contributed by atoms with E-state index >= 15 is 0 Å². The van der Waals surface area contributed by atoms with Crippen molar-refractivity contribution in [3.63, 3.8) is 0 Å². The third-order valence-electron chi connectivity index (χ3n) is 3.94. The zero-order valence-corrected chi connectivity index (χ0v) is 14.5. The van der Waals surface area contributed by atoms with Gasteiger partial charge in [0.25, 0.3) is 0 Å². The lowest BCUT2D eigenvalue weighted by Gasteiger charge is -2.30. The van der Waals surface area contributed by atoms with Crippen LogP contribution >= 0.6 is 11.3 Å². The van der Waals surface area contributed by atoms with Crippen LogP contribution in [0.15, 0.2) is 11.6 Å². The Kier molecular flexibility index (Phi) is 7.32. The summed E-state index contributed by atoms with van der Waals surface area (Å²) >= 11 is 1.63. The SMILES string of the molecule is CC(CNC(=O)CCC(CCN)C(C)(C)C)c1nccs1. The molecule has 0 fully saturated rings. The summed E-state index contributed by atoms with van der Waals surface area (Å²) in [6.45, 7) is 10.1. The Morgan fingerprint density at radius 1 is 1.43 bits per heavy atom. The van der Waals surface area contributed by atoms with Crippen LogP contribution in [0.25, 0.3) is 0 Å². The van der Waals surface area contributed by atoms with Gasteiger partial charge in [0.15, 0.2) is 0 Å². The van der Waals surface area contributed by atoms with Crippen molar-refractivity contribution in [3.05, 3.63) is 16.6 Å². The number of carbonyl (C=O) groups is 1. The lowest BCUT2D eigenvalue weighted by molar-refractivity contribution is -0.121. The number of carbonyl (C=O) groups excluding carboxylic acids is 1. The molecule has 0 saturated heterocycles. The summed E-state index contributed by atoms with van der Waals surface area (Å²) < 4.78 is 0. The van der Waals surface area contributed by atoms with Gasteiger partial charge in [-0.05, 0) is 30.7 Å². The van der Waals surface area contributed by atoms with Crippen LogP contribution in [0.2, 0.25) is 0 Å². The zero-order chi connectivity index (χ0) is 15.9. The van der Waals surface area contributed by atoms with Gasteiger partial charge in [0, 0.05) is 30.5 Å². The third-order valence-corrected chi connectivity index (χ3v) is 4.95. The lowest BCUT2D eigenvalue weighted by atomic mass is 9.76. The Hall–Kier alpha value is -0.940. The standard InChI is InChI=1S/C16H29N3OS/c1-12(15-18-9-10-21-15)11-19-14(20)6-5-13(7-8-17)16(2,3)4/h9-10,12-13H,5-8,11,17H2,1-4H3,(H,19,20). The Labute approximate surface area is 132 Å². The Morgan fingerprint density at radius 2 is 2.14 bits per heavy atom. The minimum atomic E-state index is 0.129. The third kappa shape index (κ3) is 6.57. The number of aromatic nitrogens is 1. The highest BCUT2D eigenvalue weighted by molar-refractivity contribution is 7.09. The van der Waals surface area contributed by atoms with Gasteiger partial charge >= 0.3 is 0 Å². The largest absolute Gasteiger partial charge is 0.355 e. The van der Waals surface area contributed by atoms with Gasteiger partial charge in [-0.3, -0.25) is 4.79 Å². The van der Waals surface area contributed by atoms with E-state index in [1.165, 1.54) is 0 Å². The maximum Gasteiger partial charge on any atom is 0.220 e. The Morgan fingerprint density at radius 3 is 2.67 bits per heavy atom. The van der Waals surface area contributed by atoms with Crippen LogP contribution in [-0.2, 0) is 4.79 Å². The van der Waals surface area contributed by atoms with Crippen molar-refractivity contribution in [2.75, 3.05) is 13.1 Å². The molecular formula is C16H29N3OS. The Bertz CT molecular complexity index is 412. The molecule has 120 valence electrons. The topological polar surface area (TPSA) is 68.0 Å². The number of nitrogens with zero attached hydrogens (tertiary/aromatic N) is 1. The average Bonchev–Trinajstić information content (AvgIpc) is 2.93. The van der Waals surface area contributed by atoms with Gasteiger partial charge in [-0.15, -0.1) is 11.3 Å². The molecule has 1 aromatic heterocycles. The fourth-order valence-electron chi connectivity index (χ4n) is 2.44. The van der Waals surface area contributed by atoms with E-state index in [0.717, 1.165) is 17.8 Å². The second-order valence-corrected chi connectivity index (χ2v) is 7.68. The van der Waals surface area contributed by atoms with Crippen molar-refractivity contribution < 1.29 is 4.79 Å². The number of thiazole rings is 1. The molecule has 1 rings (SSSR count). The van der Waals surface area contributed by atoms with E-state index in [9.17, 15) is 4.79 Å². The molecule has 4 nitrogen and oxygen atoms in total. The maximum absolute atomic E-state index is 12.0. The van der Waals surface area contributed by atoms with Gasteiger partial charge in [-0.2, -0.15) is 0 Å². The van der Waals surface area contributed by atoms with Crippen molar-refractivity contribution in [2.24, 2.45) is 17.1 Å². The van der Waals surface area contributed by atoms with Crippen LogP contribution in [-0.4, -0.2) is 24.0 Å². The van der Waals surface area contributed by atoms with Crippen LogP contribution in [0.1, 0.15) is 57.9 Å². The number of amides is 1. The number of nitrogens with one attached hydrogen (secondary N) is 1. The average molecular weight is 311 g/mol. The van der Waals surface area contributed by atoms with Crippen LogP contribution in [0.4, 0.5) is 0 Å². The van der Waals surface area contributed by atoms with E-state index in [0.29, 0.717) is 25.4 Å². The molecule has 2 unspecified atom stereocenters. The molecule has 3 N–H and O–H groups in total. The first-order valence-electron chi connectivity index (χ1n) is 7.70. The fraction of sp³-hybridized carbons (Fsp3) is 0.750. The first-order chi connectivity index (χ1) is 9.84. The van der Waals surface area contributed by atoms with E-state index in [4.69, 9.17) is 5.73 Å². The maximum atomic E-state index is 12.0. The molecule has 0 aliphatic heterocycles. The first kappa shape index (κ1) is 18.1. The molecule has 0 spiro atoms. The van der Waals surface area contributed by atoms with Crippen LogP contribution in [0, 0.1) is 11.3 Å². The van der Waals surface area contributed by atoms with Gasteiger partial charge in [0.05, 0.1) is 5.01 Å². The smallest absolute Gasteiger partial charge is 0.220 e. The lowest BCUT2D eigenvalue weighted by Crippen LogP contribution is -2.30. The van der Waals surface area contributed by atoms with Gasteiger partial charge in [-0.25, -0.2) is 4.98 Å². The summed E-state index contributed by atoms with van der Waals surface area (Å²) in [4.78, 5) is 16.3. The fourth-order valence-corrected chi connectivity index (χ4v) is 3.14. The molecule has 0 aromatic carbocycles. The summed E-state index contributed by atoms with van der Waals surface area (Å²) in [5.41, 5.74) is 5.88. The van der Waals surface area contributed by atoms with Crippen molar-refractivity contribution >= 4 is 17.2 Å². The second kappa shape index (κ2) is 8.49. The van der Waals surface area contributed by atoms with Crippen molar-refractivity contribution in [1.29, 1.82) is 0 Å². The summed E-state index contributed by atoms with van der Waals surface area (Å²) in [5.74, 6) is 0.894. The number of hydrogen-bond acceptors (Lipinski definition) is 4. The highest BCUT2D eigenvalue weighted by Crippen LogP contribution is 2.32. The number of rotatable bonds is 8. The summed E-state index contributed by atoms with van der Waals surface area (Å²) in [6.07, 6.45) is 4.26. The van der Waals surface area contributed by atoms with E-state index in [2.05, 4.69) is 38.0 Å². The molecule has 0 bridgehead atoms. The molecule has 0 aliphatic rings. The van der Waals surface area contributed by atoms with E-state index in [1.54, 1.807) is 17.5 Å². The molecule has 1 heterocycles. The van der Waals surface area contributed by atoms with Crippen molar-refractivity contribution in [1.82, 2.24) is 10.3 Å². The monoisotopic (exact) mass is 311 g/mol. The molecule has 0 radical (unpaired) electrons. The highest BCUT2D eigenvalue weighted by Gasteiger charge is 2.24. The minimum absolute atomic E-state index is 0.129. The predicted octanol–water partition coefficient (Wildman–Crippen LogP) is 3.15. The highest BCUT2D eigenvalue weighted by atomic mass is 32.1. The van der Waals surface area contributed by atoms with Crippen molar-refractivity contribution in [2.45, 2.75) is 52.9 Å². The first-order valence-corrected chi connectivity index (χ1v) is 8.58. The second-order valence-electron chi connectivity index (χ2n) is 6.75. The minimum Gasteiger partial charge on any atom is -0.355 e.